The highest BCUT2D eigenvalue weighted by molar-refractivity contribution is 6.31. The monoisotopic (exact) mass is 374 g/mol. The Bertz CT molecular complexity index is 733. The van der Waals surface area contributed by atoms with Crippen LogP contribution < -0.4 is 4.74 Å². The molecule has 0 bridgehead atoms. The number of pyridine rings is 1. The van der Waals surface area contributed by atoms with E-state index in [2.05, 4.69) is 4.98 Å². The van der Waals surface area contributed by atoms with Gasteiger partial charge in [-0.15, -0.1) is 0 Å². The smallest absolute Gasteiger partial charge is 0.260 e. The van der Waals surface area contributed by atoms with Crippen molar-refractivity contribution >= 4 is 17.5 Å². The van der Waals surface area contributed by atoms with Gasteiger partial charge in [0.15, 0.2) is 6.61 Å². The molecule has 1 unspecified atom stereocenters. The number of ether oxygens (including phenoxy) is 2. The predicted octanol–water partition coefficient (Wildman–Crippen LogP) is 3.63. The van der Waals surface area contributed by atoms with Crippen molar-refractivity contribution in [1.29, 1.82) is 0 Å². The van der Waals surface area contributed by atoms with Gasteiger partial charge in [0.1, 0.15) is 5.75 Å². The number of rotatable bonds is 7. The van der Waals surface area contributed by atoms with Crippen LogP contribution in [-0.4, -0.2) is 41.7 Å². The molecule has 5 nitrogen and oxygen atoms in total. The Labute approximate surface area is 158 Å². The van der Waals surface area contributed by atoms with E-state index < -0.39 is 0 Å². The summed E-state index contributed by atoms with van der Waals surface area (Å²) in [5, 5.41) is 0.681. The lowest BCUT2D eigenvalue weighted by molar-refractivity contribution is -0.135. The van der Waals surface area contributed by atoms with E-state index in [9.17, 15) is 4.79 Å². The van der Waals surface area contributed by atoms with E-state index in [1.807, 2.05) is 25.1 Å². The summed E-state index contributed by atoms with van der Waals surface area (Å²) < 4.78 is 11.4. The molecule has 3 rings (SSSR count). The summed E-state index contributed by atoms with van der Waals surface area (Å²) in [4.78, 5) is 18.7. The highest BCUT2D eigenvalue weighted by atomic mass is 35.5. The number of carbonyl (C=O) groups is 1. The van der Waals surface area contributed by atoms with Gasteiger partial charge in [0.05, 0.1) is 6.10 Å². The van der Waals surface area contributed by atoms with E-state index in [1.165, 1.54) is 0 Å². The SMILES string of the molecule is Cc1cc(OCC(=O)N(Cc2cccnc2)CC2CCCO2)ccc1Cl. The topological polar surface area (TPSA) is 51.7 Å². The Morgan fingerprint density at radius 2 is 2.31 bits per heavy atom. The number of benzene rings is 1. The van der Waals surface area contributed by atoms with Gasteiger partial charge in [-0.05, 0) is 55.2 Å². The molecule has 1 saturated heterocycles. The highest BCUT2D eigenvalue weighted by Crippen LogP contribution is 2.21. The van der Waals surface area contributed by atoms with Gasteiger partial charge >= 0.3 is 0 Å². The van der Waals surface area contributed by atoms with Crippen LogP contribution in [0.2, 0.25) is 5.02 Å². The summed E-state index contributed by atoms with van der Waals surface area (Å²) >= 11 is 6.03. The molecular formula is C20H23ClN2O3. The molecule has 2 heterocycles. The maximum atomic E-state index is 12.8. The first-order chi connectivity index (χ1) is 12.6. The fourth-order valence-electron chi connectivity index (χ4n) is 2.94. The van der Waals surface area contributed by atoms with E-state index in [-0.39, 0.29) is 18.6 Å². The number of aromatic nitrogens is 1. The molecule has 2 aromatic rings. The molecule has 0 radical (unpaired) electrons. The largest absolute Gasteiger partial charge is 0.484 e. The second-order valence-corrected chi connectivity index (χ2v) is 6.88. The number of carbonyl (C=O) groups excluding carboxylic acids is 1. The third kappa shape index (κ3) is 5.19. The van der Waals surface area contributed by atoms with E-state index >= 15 is 0 Å². The van der Waals surface area contributed by atoms with Gasteiger partial charge in [-0.3, -0.25) is 9.78 Å². The molecule has 1 amide bonds. The van der Waals surface area contributed by atoms with Crippen LogP contribution in [-0.2, 0) is 16.1 Å². The first-order valence-electron chi connectivity index (χ1n) is 8.79. The normalized spacial score (nSPS) is 16.5. The van der Waals surface area contributed by atoms with Crippen molar-refractivity contribution in [3.05, 3.63) is 58.9 Å². The fraction of sp³-hybridized carbons (Fsp3) is 0.400. The molecule has 1 aliphatic heterocycles. The average Bonchev–Trinajstić information content (AvgIpc) is 3.16. The number of halogens is 1. The van der Waals surface area contributed by atoms with Crippen LogP contribution in [0.1, 0.15) is 24.0 Å². The summed E-state index contributed by atoms with van der Waals surface area (Å²) in [5.74, 6) is 0.565. The minimum Gasteiger partial charge on any atom is -0.484 e. The van der Waals surface area contributed by atoms with Crippen molar-refractivity contribution < 1.29 is 14.3 Å². The Hall–Kier alpha value is -2.11. The lowest BCUT2D eigenvalue weighted by Gasteiger charge is -2.25. The molecule has 1 aliphatic rings. The van der Waals surface area contributed by atoms with Crippen LogP contribution >= 0.6 is 11.6 Å². The van der Waals surface area contributed by atoms with Crippen LogP contribution in [0.25, 0.3) is 0 Å². The Balaban J connectivity index is 1.63. The number of nitrogens with zero attached hydrogens (tertiary/aromatic N) is 2. The van der Waals surface area contributed by atoms with Gasteiger partial charge in [-0.1, -0.05) is 17.7 Å². The minimum absolute atomic E-state index is 0.0198. The maximum absolute atomic E-state index is 12.8. The van der Waals surface area contributed by atoms with Crippen molar-refractivity contribution in [1.82, 2.24) is 9.88 Å². The third-order valence-electron chi connectivity index (χ3n) is 4.39. The molecule has 0 spiro atoms. The molecule has 0 N–H and O–H groups in total. The van der Waals surface area contributed by atoms with E-state index in [0.717, 1.165) is 30.6 Å². The van der Waals surface area contributed by atoms with Crippen molar-refractivity contribution in [2.45, 2.75) is 32.4 Å². The second kappa shape index (κ2) is 9.01. The van der Waals surface area contributed by atoms with E-state index in [4.69, 9.17) is 21.1 Å². The first-order valence-corrected chi connectivity index (χ1v) is 9.17. The average molecular weight is 375 g/mol. The Kier molecular flexibility index (Phi) is 6.47. The van der Waals surface area contributed by atoms with Crippen molar-refractivity contribution in [2.24, 2.45) is 0 Å². The molecular weight excluding hydrogens is 352 g/mol. The molecule has 1 fully saturated rings. The van der Waals surface area contributed by atoms with Crippen LogP contribution in [0.15, 0.2) is 42.7 Å². The molecule has 1 atom stereocenters. The van der Waals surface area contributed by atoms with E-state index in [1.54, 1.807) is 29.4 Å². The lowest BCUT2D eigenvalue weighted by Crippen LogP contribution is -2.39. The standard InChI is InChI=1S/C20H23ClN2O3/c1-15-10-17(6-7-19(15)21)26-14-20(24)23(13-18-5-3-9-25-18)12-16-4-2-8-22-11-16/h2,4,6-8,10-11,18H,3,5,9,12-14H2,1H3. The molecule has 1 aromatic carbocycles. The van der Waals surface area contributed by atoms with Gasteiger partial charge < -0.3 is 14.4 Å². The second-order valence-electron chi connectivity index (χ2n) is 6.47. The Morgan fingerprint density at radius 1 is 1.42 bits per heavy atom. The summed E-state index contributed by atoms with van der Waals surface area (Å²) in [7, 11) is 0. The van der Waals surface area contributed by atoms with Gasteiger partial charge in [0.2, 0.25) is 0 Å². The fourth-order valence-corrected chi connectivity index (χ4v) is 3.06. The molecule has 1 aromatic heterocycles. The summed E-state index contributed by atoms with van der Waals surface area (Å²) in [6.07, 6.45) is 5.61. The van der Waals surface area contributed by atoms with Crippen LogP contribution in [0.4, 0.5) is 0 Å². The quantitative estimate of drug-likeness (QED) is 0.742. The molecule has 0 saturated carbocycles. The van der Waals surface area contributed by atoms with Crippen LogP contribution in [0, 0.1) is 6.92 Å². The number of aryl methyl sites for hydroxylation is 1. The van der Waals surface area contributed by atoms with Crippen LogP contribution in [0.5, 0.6) is 5.75 Å². The summed E-state index contributed by atoms with van der Waals surface area (Å²) in [6.45, 7) is 3.71. The Morgan fingerprint density at radius 3 is 3.00 bits per heavy atom. The predicted molar refractivity (Wildman–Crippen MR) is 100 cm³/mol. The summed E-state index contributed by atoms with van der Waals surface area (Å²) in [6, 6.07) is 9.22. The van der Waals surface area contributed by atoms with Gasteiger partial charge in [0, 0.05) is 37.1 Å². The zero-order valence-electron chi connectivity index (χ0n) is 14.9. The molecule has 6 heteroatoms. The van der Waals surface area contributed by atoms with Crippen molar-refractivity contribution in [2.75, 3.05) is 19.8 Å². The molecule has 138 valence electrons. The van der Waals surface area contributed by atoms with Crippen molar-refractivity contribution in [3.8, 4) is 5.75 Å². The van der Waals surface area contributed by atoms with Gasteiger partial charge in [-0.25, -0.2) is 0 Å². The third-order valence-corrected chi connectivity index (χ3v) is 4.81. The zero-order chi connectivity index (χ0) is 18.4. The van der Waals surface area contributed by atoms with Gasteiger partial charge in [-0.2, -0.15) is 0 Å². The number of hydrogen-bond acceptors (Lipinski definition) is 4. The molecule has 26 heavy (non-hydrogen) atoms. The minimum atomic E-state index is -0.0723. The number of amides is 1. The molecule has 0 aliphatic carbocycles. The first kappa shape index (κ1) is 18.7. The highest BCUT2D eigenvalue weighted by Gasteiger charge is 2.23. The van der Waals surface area contributed by atoms with Crippen LogP contribution in [0.3, 0.4) is 0 Å². The maximum Gasteiger partial charge on any atom is 0.260 e. The van der Waals surface area contributed by atoms with E-state index in [0.29, 0.717) is 23.9 Å². The zero-order valence-corrected chi connectivity index (χ0v) is 15.6. The van der Waals surface area contributed by atoms with Crippen molar-refractivity contribution in [3.63, 3.8) is 0 Å². The lowest BCUT2D eigenvalue weighted by atomic mass is 10.2. The number of hydrogen-bond donors (Lipinski definition) is 0. The van der Waals surface area contributed by atoms with Gasteiger partial charge in [0.25, 0.3) is 5.91 Å². The summed E-state index contributed by atoms with van der Waals surface area (Å²) in [5.41, 5.74) is 1.91.